The molecule has 1 N–H and O–H groups in total. The van der Waals surface area contributed by atoms with Crippen LogP contribution in [0.2, 0.25) is 0 Å². The van der Waals surface area contributed by atoms with Crippen molar-refractivity contribution >= 4 is 40.3 Å². The van der Waals surface area contributed by atoms with Crippen LogP contribution in [-0.2, 0) is 4.79 Å². The van der Waals surface area contributed by atoms with E-state index in [9.17, 15) is 9.90 Å². The Bertz CT molecular complexity index is 613. The maximum absolute atomic E-state index is 12.6. The fraction of sp³-hybridized carbons (Fsp3) is 0.444. The molecule has 1 atom stereocenters. The minimum atomic E-state index is -0.0155. The molecule has 1 amide bonds. The van der Waals surface area contributed by atoms with Gasteiger partial charge in [0, 0.05) is 6.54 Å². The van der Waals surface area contributed by atoms with E-state index in [0.717, 1.165) is 18.4 Å². The van der Waals surface area contributed by atoms with Crippen molar-refractivity contribution < 1.29 is 9.90 Å². The molecule has 1 aliphatic heterocycles. The number of carbonyl (C=O) groups is 1. The largest absolute Gasteiger partial charge is 0.508 e. The molecule has 0 saturated carbocycles. The predicted octanol–water partition coefficient (Wildman–Crippen LogP) is 4.81. The summed E-state index contributed by atoms with van der Waals surface area (Å²) in [7, 11) is 0. The van der Waals surface area contributed by atoms with Gasteiger partial charge >= 0.3 is 0 Å². The molecular weight excluding hydrogens is 326 g/mol. The minimum Gasteiger partial charge on any atom is -0.508 e. The van der Waals surface area contributed by atoms with Crippen molar-refractivity contribution in [3.05, 3.63) is 34.7 Å². The molecule has 1 aliphatic rings. The smallest absolute Gasteiger partial charge is 0.266 e. The number of carbonyl (C=O) groups excluding carboxylic acids is 1. The summed E-state index contributed by atoms with van der Waals surface area (Å²) in [6.45, 7) is 5.06. The van der Waals surface area contributed by atoms with Crippen LogP contribution in [0.15, 0.2) is 29.2 Å². The quantitative estimate of drug-likeness (QED) is 0.566. The van der Waals surface area contributed by atoms with Crippen LogP contribution in [0.25, 0.3) is 6.08 Å². The van der Waals surface area contributed by atoms with Crippen LogP contribution < -0.4 is 0 Å². The van der Waals surface area contributed by atoms with Crippen molar-refractivity contribution in [2.45, 2.75) is 39.5 Å². The van der Waals surface area contributed by atoms with E-state index in [1.807, 2.05) is 6.07 Å². The number of amides is 1. The number of nitrogens with zero attached hydrogens (tertiary/aromatic N) is 1. The molecule has 1 aromatic carbocycles. The maximum Gasteiger partial charge on any atom is 0.266 e. The normalized spacial score (nSPS) is 18.0. The minimum absolute atomic E-state index is 0.0155. The number of thioether (sulfide) groups is 1. The van der Waals surface area contributed by atoms with Gasteiger partial charge in [0.05, 0.1) is 4.91 Å². The second kappa shape index (κ2) is 8.50. The third-order valence-corrected chi connectivity index (χ3v) is 5.40. The first kappa shape index (κ1) is 18.0. The summed E-state index contributed by atoms with van der Waals surface area (Å²) in [5, 5.41) is 9.53. The lowest BCUT2D eigenvalue weighted by atomic mass is 9.99. The summed E-state index contributed by atoms with van der Waals surface area (Å²) in [5.74, 6) is 0.677. The predicted molar refractivity (Wildman–Crippen MR) is 101 cm³/mol. The molecule has 1 saturated heterocycles. The van der Waals surface area contributed by atoms with Crippen LogP contribution in [0.1, 0.15) is 45.1 Å². The van der Waals surface area contributed by atoms with Crippen molar-refractivity contribution in [3.8, 4) is 5.75 Å². The first-order valence-electron chi connectivity index (χ1n) is 8.09. The molecule has 3 nitrogen and oxygen atoms in total. The third-order valence-electron chi connectivity index (χ3n) is 4.03. The standard InChI is InChI=1S/C18H23NO2S2/c1-3-5-7-13(4-2)12-19-17(21)16(23-18(19)22)11-14-8-6-9-15(20)10-14/h6,8-11,13,20H,3-5,7,12H2,1-2H3/b16-11+. The molecule has 0 bridgehead atoms. The van der Waals surface area contributed by atoms with E-state index in [-0.39, 0.29) is 11.7 Å². The van der Waals surface area contributed by atoms with E-state index in [2.05, 4.69) is 13.8 Å². The number of phenolic OH excluding ortho intramolecular Hbond substituents is 1. The van der Waals surface area contributed by atoms with Gasteiger partial charge in [-0.2, -0.15) is 0 Å². The van der Waals surface area contributed by atoms with Crippen LogP contribution >= 0.6 is 24.0 Å². The van der Waals surface area contributed by atoms with E-state index in [4.69, 9.17) is 12.2 Å². The average Bonchev–Trinajstić information content (AvgIpc) is 2.78. The molecule has 1 fully saturated rings. The highest BCUT2D eigenvalue weighted by atomic mass is 32.2. The lowest BCUT2D eigenvalue weighted by Crippen LogP contribution is -2.33. The zero-order valence-corrected chi connectivity index (χ0v) is 15.3. The molecular formula is C18H23NO2S2. The molecule has 1 aromatic rings. The molecule has 0 radical (unpaired) electrons. The monoisotopic (exact) mass is 349 g/mol. The lowest BCUT2D eigenvalue weighted by Gasteiger charge is -2.21. The Labute approximate surface area is 147 Å². The topological polar surface area (TPSA) is 40.5 Å². The third kappa shape index (κ3) is 4.82. The van der Waals surface area contributed by atoms with Gasteiger partial charge in [0.2, 0.25) is 0 Å². The van der Waals surface area contributed by atoms with E-state index < -0.39 is 0 Å². The fourth-order valence-electron chi connectivity index (χ4n) is 2.60. The molecule has 0 aromatic heterocycles. The Balaban J connectivity index is 2.10. The summed E-state index contributed by atoms with van der Waals surface area (Å²) in [5.41, 5.74) is 0.809. The number of aromatic hydroxyl groups is 1. The number of hydrogen-bond acceptors (Lipinski definition) is 4. The maximum atomic E-state index is 12.6. The second-order valence-electron chi connectivity index (χ2n) is 5.80. The second-order valence-corrected chi connectivity index (χ2v) is 7.48. The first-order chi connectivity index (χ1) is 11.0. The van der Waals surface area contributed by atoms with E-state index >= 15 is 0 Å². The van der Waals surface area contributed by atoms with E-state index in [1.54, 1.807) is 29.2 Å². The summed E-state index contributed by atoms with van der Waals surface area (Å²) >= 11 is 6.74. The molecule has 124 valence electrons. The van der Waals surface area contributed by atoms with Crippen molar-refractivity contribution in [2.75, 3.05) is 6.54 Å². The van der Waals surface area contributed by atoms with Gasteiger partial charge in [0.1, 0.15) is 10.1 Å². The zero-order valence-electron chi connectivity index (χ0n) is 13.6. The van der Waals surface area contributed by atoms with Crippen LogP contribution in [0, 0.1) is 5.92 Å². The van der Waals surface area contributed by atoms with Crippen molar-refractivity contribution in [1.29, 1.82) is 0 Å². The van der Waals surface area contributed by atoms with Crippen LogP contribution in [-0.4, -0.2) is 26.8 Å². The lowest BCUT2D eigenvalue weighted by molar-refractivity contribution is -0.122. The van der Waals surface area contributed by atoms with Crippen LogP contribution in [0.5, 0.6) is 5.75 Å². The fourth-order valence-corrected chi connectivity index (χ4v) is 3.87. The van der Waals surface area contributed by atoms with Crippen LogP contribution in [0.4, 0.5) is 0 Å². The number of benzene rings is 1. The molecule has 5 heteroatoms. The van der Waals surface area contributed by atoms with Crippen molar-refractivity contribution in [2.24, 2.45) is 5.92 Å². The van der Waals surface area contributed by atoms with Crippen molar-refractivity contribution in [1.82, 2.24) is 4.90 Å². The SMILES string of the molecule is CCCCC(CC)CN1C(=O)/C(=C\c2cccc(O)c2)SC1=S. The molecule has 1 unspecified atom stereocenters. The first-order valence-corrected chi connectivity index (χ1v) is 9.32. The highest BCUT2D eigenvalue weighted by Gasteiger charge is 2.33. The number of rotatable bonds is 7. The summed E-state index contributed by atoms with van der Waals surface area (Å²) < 4.78 is 0.636. The highest BCUT2D eigenvalue weighted by Crippen LogP contribution is 2.34. The number of unbranched alkanes of at least 4 members (excludes halogenated alkanes) is 1. The molecule has 0 aliphatic carbocycles. The average molecular weight is 350 g/mol. The summed E-state index contributed by atoms with van der Waals surface area (Å²) in [6.07, 6.45) is 6.35. The number of hydrogen-bond donors (Lipinski definition) is 1. The van der Waals surface area contributed by atoms with Gasteiger partial charge in [0.15, 0.2) is 0 Å². The summed E-state index contributed by atoms with van der Waals surface area (Å²) in [4.78, 5) is 15.0. The van der Waals surface area contributed by atoms with Gasteiger partial charge in [-0.3, -0.25) is 9.69 Å². The zero-order chi connectivity index (χ0) is 16.8. The molecule has 2 rings (SSSR count). The Kier molecular flexibility index (Phi) is 6.66. The van der Waals surface area contributed by atoms with Gasteiger partial charge in [-0.15, -0.1) is 0 Å². The molecule has 23 heavy (non-hydrogen) atoms. The Morgan fingerprint density at radius 1 is 1.39 bits per heavy atom. The summed E-state index contributed by atoms with van der Waals surface area (Å²) in [6, 6.07) is 6.88. The van der Waals surface area contributed by atoms with Gasteiger partial charge in [-0.05, 0) is 36.1 Å². The Morgan fingerprint density at radius 3 is 2.83 bits per heavy atom. The van der Waals surface area contributed by atoms with Gasteiger partial charge in [-0.25, -0.2) is 0 Å². The van der Waals surface area contributed by atoms with Crippen LogP contribution in [0.3, 0.4) is 0 Å². The van der Waals surface area contributed by atoms with E-state index in [1.165, 1.54) is 24.6 Å². The molecule has 1 heterocycles. The Hall–Kier alpha value is -1.33. The number of thiocarbonyl (C=S) groups is 1. The van der Waals surface area contributed by atoms with Gasteiger partial charge < -0.3 is 5.11 Å². The van der Waals surface area contributed by atoms with E-state index in [0.29, 0.717) is 21.7 Å². The highest BCUT2D eigenvalue weighted by molar-refractivity contribution is 8.26. The van der Waals surface area contributed by atoms with Gasteiger partial charge in [-0.1, -0.05) is 69.2 Å². The molecule has 0 spiro atoms. The van der Waals surface area contributed by atoms with Gasteiger partial charge in [0.25, 0.3) is 5.91 Å². The van der Waals surface area contributed by atoms with Crippen molar-refractivity contribution in [3.63, 3.8) is 0 Å². The Morgan fingerprint density at radius 2 is 2.17 bits per heavy atom. The number of phenols is 1.